The Morgan fingerprint density at radius 1 is 0.923 bits per heavy atom. The molecular formula is C28H30Cl3N3O4S. The SMILES string of the molecule is CCCNC(=O)[C@H](C)N(Cc1ccccc1Cl)C(=O)CN(c1cccc(Cl)c1Cl)S(=O)(=O)c1ccc(C)cc1. The van der Waals surface area contributed by atoms with Crippen LogP contribution in [0, 0.1) is 6.92 Å². The van der Waals surface area contributed by atoms with Gasteiger partial charge in [-0.05, 0) is 56.2 Å². The highest BCUT2D eigenvalue weighted by Crippen LogP contribution is 2.35. The molecule has 3 rings (SSSR count). The highest BCUT2D eigenvalue weighted by molar-refractivity contribution is 7.92. The molecule has 7 nitrogen and oxygen atoms in total. The molecule has 0 spiro atoms. The van der Waals surface area contributed by atoms with E-state index in [1.54, 1.807) is 49.4 Å². The minimum absolute atomic E-state index is 0.0130. The Balaban J connectivity index is 2.07. The largest absolute Gasteiger partial charge is 0.354 e. The van der Waals surface area contributed by atoms with E-state index in [0.29, 0.717) is 23.6 Å². The molecule has 208 valence electrons. The second-order valence-electron chi connectivity index (χ2n) is 8.98. The van der Waals surface area contributed by atoms with E-state index in [4.69, 9.17) is 34.8 Å². The molecule has 0 saturated carbocycles. The average Bonchev–Trinajstić information content (AvgIpc) is 2.91. The third-order valence-electron chi connectivity index (χ3n) is 6.10. The van der Waals surface area contributed by atoms with E-state index in [0.717, 1.165) is 9.87 Å². The Kier molecular flexibility index (Phi) is 10.7. The third-order valence-corrected chi connectivity index (χ3v) is 9.05. The summed E-state index contributed by atoms with van der Waals surface area (Å²) in [5.74, 6) is -0.994. The van der Waals surface area contributed by atoms with Crippen LogP contribution in [0.15, 0.2) is 71.6 Å². The lowest BCUT2D eigenvalue weighted by molar-refractivity contribution is -0.139. The quantitative estimate of drug-likeness (QED) is 0.285. The summed E-state index contributed by atoms with van der Waals surface area (Å²) in [6.07, 6.45) is 0.715. The molecule has 0 radical (unpaired) electrons. The van der Waals surface area contributed by atoms with Crippen molar-refractivity contribution in [3.63, 3.8) is 0 Å². The van der Waals surface area contributed by atoms with Gasteiger partial charge in [0.15, 0.2) is 0 Å². The number of nitrogens with zero attached hydrogens (tertiary/aromatic N) is 2. The maximum atomic E-state index is 13.9. The Morgan fingerprint density at radius 3 is 2.21 bits per heavy atom. The Bertz CT molecular complexity index is 1430. The number of carbonyl (C=O) groups excluding carboxylic acids is 2. The molecule has 11 heteroatoms. The molecule has 3 aromatic rings. The minimum Gasteiger partial charge on any atom is -0.354 e. The van der Waals surface area contributed by atoms with Crippen LogP contribution in [0.2, 0.25) is 15.1 Å². The smallest absolute Gasteiger partial charge is 0.264 e. The lowest BCUT2D eigenvalue weighted by atomic mass is 10.1. The fourth-order valence-corrected chi connectivity index (χ4v) is 5.89. The number of carbonyl (C=O) groups is 2. The van der Waals surface area contributed by atoms with Crippen molar-refractivity contribution in [3.05, 3.63) is 92.9 Å². The number of benzene rings is 3. The van der Waals surface area contributed by atoms with Crippen LogP contribution in [0.4, 0.5) is 5.69 Å². The van der Waals surface area contributed by atoms with Crippen molar-refractivity contribution in [1.29, 1.82) is 0 Å². The molecule has 39 heavy (non-hydrogen) atoms. The highest BCUT2D eigenvalue weighted by Gasteiger charge is 2.33. The van der Waals surface area contributed by atoms with Gasteiger partial charge in [-0.2, -0.15) is 0 Å². The van der Waals surface area contributed by atoms with Gasteiger partial charge in [0.05, 0.1) is 20.6 Å². The first kappa shape index (κ1) is 30.8. The number of sulfonamides is 1. The molecule has 0 heterocycles. The summed E-state index contributed by atoms with van der Waals surface area (Å²) in [6.45, 7) is 5.13. The van der Waals surface area contributed by atoms with Gasteiger partial charge in [0.2, 0.25) is 11.8 Å². The minimum atomic E-state index is -4.26. The van der Waals surface area contributed by atoms with E-state index in [2.05, 4.69) is 5.32 Å². The molecule has 0 bridgehead atoms. The van der Waals surface area contributed by atoms with Gasteiger partial charge in [-0.15, -0.1) is 0 Å². The molecule has 0 aliphatic carbocycles. The first-order valence-electron chi connectivity index (χ1n) is 12.3. The number of anilines is 1. The third kappa shape index (κ3) is 7.45. The zero-order valence-electron chi connectivity index (χ0n) is 21.8. The highest BCUT2D eigenvalue weighted by atomic mass is 35.5. The van der Waals surface area contributed by atoms with E-state index in [9.17, 15) is 18.0 Å². The van der Waals surface area contributed by atoms with Crippen LogP contribution in [-0.4, -0.2) is 44.3 Å². The number of aryl methyl sites for hydroxylation is 1. The molecule has 0 aliphatic rings. The van der Waals surface area contributed by atoms with Gasteiger partial charge in [0.25, 0.3) is 10.0 Å². The van der Waals surface area contributed by atoms with Gasteiger partial charge in [-0.3, -0.25) is 13.9 Å². The number of halogens is 3. The van der Waals surface area contributed by atoms with Crippen LogP contribution >= 0.6 is 34.8 Å². The summed E-state index contributed by atoms with van der Waals surface area (Å²) in [5.41, 5.74) is 1.52. The van der Waals surface area contributed by atoms with Crippen molar-refractivity contribution >= 4 is 62.3 Å². The van der Waals surface area contributed by atoms with Crippen LogP contribution in [-0.2, 0) is 26.2 Å². The molecule has 2 amide bonds. The molecule has 0 unspecified atom stereocenters. The summed E-state index contributed by atoms with van der Waals surface area (Å²) in [6, 6.07) is 16.8. The van der Waals surface area contributed by atoms with Crippen LogP contribution in [0.3, 0.4) is 0 Å². The van der Waals surface area contributed by atoms with Crippen molar-refractivity contribution < 1.29 is 18.0 Å². The molecular weight excluding hydrogens is 581 g/mol. The van der Waals surface area contributed by atoms with E-state index < -0.39 is 28.5 Å². The Morgan fingerprint density at radius 2 is 1.56 bits per heavy atom. The van der Waals surface area contributed by atoms with Gasteiger partial charge in [0, 0.05) is 18.1 Å². The van der Waals surface area contributed by atoms with Crippen molar-refractivity contribution in [1.82, 2.24) is 10.2 Å². The fraction of sp³-hybridized carbons (Fsp3) is 0.286. The lowest BCUT2D eigenvalue weighted by Crippen LogP contribution is -2.51. The van der Waals surface area contributed by atoms with Gasteiger partial charge >= 0.3 is 0 Å². The van der Waals surface area contributed by atoms with Gasteiger partial charge in [0.1, 0.15) is 12.6 Å². The topological polar surface area (TPSA) is 86.8 Å². The summed E-state index contributed by atoms with van der Waals surface area (Å²) >= 11 is 19.0. The first-order valence-corrected chi connectivity index (χ1v) is 14.9. The number of amides is 2. The van der Waals surface area contributed by atoms with Gasteiger partial charge in [-0.1, -0.05) is 83.7 Å². The summed E-state index contributed by atoms with van der Waals surface area (Å²) in [4.78, 5) is 28.1. The molecule has 0 aliphatic heterocycles. The zero-order valence-corrected chi connectivity index (χ0v) is 24.9. The number of hydrogen-bond donors (Lipinski definition) is 1. The van der Waals surface area contributed by atoms with Crippen LogP contribution in [0.1, 0.15) is 31.4 Å². The normalized spacial score (nSPS) is 12.1. The maximum Gasteiger partial charge on any atom is 0.264 e. The molecule has 0 saturated heterocycles. The Labute approximate surface area is 244 Å². The van der Waals surface area contributed by atoms with Gasteiger partial charge in [-0.25, -0.2) is 8.42 Å². The van der Waals surface area contributed by atoms with Crippen molar-refractivity contribution in [2.75, 3.05) is 17.4 Å². The monoisotopic (exact) mass is 609 g/mol. The zero-order chi connectivity index (χ0) is 28.7. The van der Waals surface area contributed by atoms with Crippen molar-refractivity contribution in [2.45, 2.75) is 44.7 Å². The molecule has 3 aromatic carbocycles. The molecule has 1 atom stereocenters. The first-order chi connectivity index (χ1) is 18.5. The van der Waals surface area contributed by atoms with E-state index in [1.165, 1.54) is 29.2 Å². The van der Waals surface area contributed by atoms with Crippen LogP contribution < -0.4 is 9.62 Å². The second kappa shape index (κ2) is 13.5. The van der Waals surface area contributed by atoms with Crippen LogP contribution in [0.5, 0.6) is 0 Å². The van der Waals surface area contributed by atoms with Crippen LogP contribution in [0.25, 0.3) is 0 Å². The predicted molar refractivity (Wildman–Crippen MR) is 157 cm³/mol. The number of rotatable bonds is 11. The lowest BCUT2D eigenvalue weighted by Gasteiger charge is -2.32. The predicted octanol–water partition coefficient (Wildman–Crippen LogP) is 6.09. The van der Waals surface area contributed by atoms with Crippen molar-refractivity contribution in [3.8, 4) is 0 Å². The molecule has 0 fully saturated rings. The Hall–Kier alpha value is -2.78. The standard InChI is InChI=1S/C28H30Cl3N3O4S/c1-4-16-32-28(36)20(3)33(17-21-8-5-6-9-23(21)29)26(35)18-34(25-11-7-10-24(30)27(25)31)39(37,38)22-14-12-19(2)13-15-22/h5-15,20H,4,16-18H2,1-3H3,(H,32,36)/t20-/m0/s1. The van der Waals surface area contributed by atoms with E-state index in [1.807, 2.05) is 13.8 Å². The second-order valence-corrected chi connectivity index (χ2v) is 12.0. The van der Waals surface area contributed by atoms with E-state index >= 15 is 0 Å². The maximum absolute atomic E-state index is 13.9. The van der Waals surface area contributed by atoms with Gasteiger partial charge < -0.3 is 10.2 Å². The van der Waals surface area contributed by atoms with E-state index in [-0.39, 0.29) is 33.1 Å². The summed E-state index contributed by atoms with van der Waals surface area (Å²) in [5, 5.41) is 3.32. The average molecular weight is 611 g/mol. The molecule has 1 N–H and O–H groups in total. The number of nitrogens with one attached hydrogen (secondary N) is 1. The fourth-order valence-electron chi connectivity index (χ4n) is 3.82. The van der Waals surface area contributed by atoms with Crippen molar-refractivity contribution in [2.24, 2.45) is 0 Å². The number of hydrogen-bond acceptors (Lipinski definition) is 4. The summed E-state index contributed by atoms with van der Waals surface area (Å²) in [7, 11) is -4.26. The molecule has 0 aromatic heterocycles. The summed E-state index contributed by atoms with van der Waals surface area (Å²) < 4.78 is 28.7.